The molecule has 6 nitrogen and oxygen atoms in total. The van der Waals surface area contributed by atoms with Gasteiger partial charge in [-0.1, -0.05) is 23.9 Å². The molecule has 1 aliphatic carbocycles. The number of nitrogens with zero attached hydrogens (tertiary/aromatic N) is 6. The topological polar surface area (TPSA) is 59.7 Å². The first-order valence-electron chi connectivity index (χ1n) is 11.0. The fraction of sp³-hybridized carbons (Fsp3) is 0.478. The molecule has 0 bridgehead atoms. The average Bonchev–Trinajstić information content (AvgIpc) is 3.15. The normalized spacial score (nSPS) is 22.2. The van der Waals surface area contributed by atoms with Gasteiger partial charge in [0.15, 0.2) is 11.0 Å². The third-order valence-corrected chi connectivity index (χ3v) is 7.93. The van der Waals surface area contributed by atoms with Crippen molar-refractivity contribution in [3.8, 4) is 11.4 Å². The first kappa shape index (κ1) is 24.9. The summed E-state index contributed by atoms with van der Waals surface area (Å²) in [5.74, 6) is 2.11. The summed E-state index contributed by atoms with van der Waals surface area (Å²) in [5.41, 5.74) is 1.62. The number of halogens is 4. The van der Waals surface area contributed by atoms with E-state index in [4.69, 9.17) is 0 Å². The second-order valence-electron chi connectivity index (χ2n) is 8.96. The molecule has 2 aromatic heterocycles. The maximum absolute atomic E-state index is 12.8. The second-order valence-corrected chi connectivity index (χ2v) is 10.0. The van der Waals surface area contributed by atoms with E-state index in [1.807, 2.05) is 17.7 Å². The number of hydrogen-bond donors (Lipinski definition) is 0. The number of alkyl halides is 3. The van der Waals surface area contributed by atoms with Gasteiger partial charge in [-0.25, -0.2) is 0 Å². The maximum atomic E-state index is 12.8. The lowest BCUT2D eigenvalue weighted by atomic mass is 9.97. The number of aromatic nitrogens is 5. The minimum atomic E-state index is -4.27. The molecule has 0 amide bonds. The molecule has 0 radical (unpaired) electrons. The molecular weight excluding hydrogens is 485 g/mol. The molecule has 11 heteroatoms. The lowest BCUT2D eigenvalue weighted by Gasteiger charge is -2.16. The minimum absolute atomic E-state index is 0. The molecule has 1 aromatic carbocycles. The Hall–Kier alpha value is -2.17. The van der Waals surface area contributed by atoms with Gasteiger partial charge in [-0.15, -0.1) is 22.6 Å². The Morgan fingerprint density at radius 1 is 1.12 bits per heavy atom. The van der Waals surface area contributed by atoms with Crippen molar-refractivity contribution in [2.45, 2.75) is 36.5 Å². The van der Waals surface area contributed by atoms with Crippen LogP contribution in [0.3, 0.4) is 0 Å². The number of rotatable bonds is 7. The molecule has 0 unspecified atom stereocenters. The number of hydrogen-bond acceptors (Lipinski definition) is 6. The van der Waals surface area contributed by atoms with E-state index in [9.17, 15) is 13.2 Å². The molecule has 1 aliphatic heterocycles. The molecule has 3 aromatic rings. The number of thioether (sulfide) groups is 1. The van der Waals surface area contributed by atoms with Crippen LogP contribution in [0.15, 0.2) is 47.9 Å². The number of benzene rings is 1. The van der Waals surface area contributed by atoms with E-state index < -0.39 is 11.7 Å². The van der Waals surface area contributed by atoms with Gasteiger partial charge in [-0.05, 0) is 67.4 Å². The molecule has 1 saturated heterocycles. The van der Waals surface area contributed by atoms with E-state index in [2.05, 4.69) is 25.3 Å². The molecule has 3 heterocycles. The van der Waals surface area contributed by atoms with Crippen LogP contribution < -0.4 is 0 Å². The summed E-state index contributed by atoms with van der Waals surface area (Å²) in [6.45, 7) is 3.12. The zero-order valence-electron chi connectivity index (χ0n) is 18.7. The SMILES string of the molecule is Cl.Cn1c(SCCCN2CC[C@]3(C[C@@H]3c3ccc(C(F)(F)F)cc3)C2)nnc1-c1ccnnc1. The average molecular weight is 511 g/mol. The lowest BCUT2D eigenvalue weighted by Crippen LogP contribution is -2.23. The molecule has 2 aliphatic rings. The van der Waals surface area contributed by atoms with Crippen molar-refractivity contribution in [1.82, 2.24) is 29.9 Å². The Balaban J connectivity index is 0.00000274. The van der Waals surface area contributed by atoms with Crippen LogP contribution in [0.4, 0.5) is 13.2 Å². The van der Waals surface area contributed by atoms with Crippen molar-refractivity contribution in [3.63, 3.8) is 0 Å². The van der Waals surface area contributed by atoms with Gasteiger partial charge < -0.3 is 9.47 Å². The van der Waals surface area contributed by atoms with Gasteiger partial charge in [-0.2, -0.15) is 23.4 Å². The van der Waals surface area contributed by atoms with Crippen LogP contribution in [-0.2, 0) is 13.2 Å². The molecule has 5 rings (SSSR count). The molecule has 2 fully saturated rings. The van der Waals surface area contributed by atoms with Gasteiger partial charge in [-0.3, -0.25) is 0 Å². The van der Waals surface area contributed by atoms with Crippen LogP contribution in [0.5, 0.6) is 0 Å². The van der Waals surface area contributed by atoms with Gasteiger partial charge in [0.1, 0.15) is 0 Å². The summed E-state index contributed by atoms with van der Waals surface area (Å²) in [4.78, 5) is 2.50. The standard InChI is InChI=1S/C23H25F3N6S.ClH/c1-31-20(17-7-9-27-28-14-17)29-30-21(31)33-12-2-10-32-11-8-22(15-32)13-19(22)16-3-5-18(6-4-16)23(24,25)26;/h3-7,9,14,19H,2,8,10-13,15H2,1H3;1H/t19-,22+;/m1./s1. The predicted octanol–water partition coefficient (Wildman–Crippen LogP) is 5.07. The third kappa shape index (κ3) is 5.08. The minimum Gasteiger partial charge on any atom is -0.305 e. The van der Waals surface area contributed by atoms with Crippen LogP contribution in [-0.4, -0.2) is 55.2 Å². The highest BCUT2D eigenvalue weighted by atomic mass is 35.5. The van der Waals surface area contributed by atoms with E-state index in [0.717, 1.165) is 66.8 Å². The Kier molecular flexibility index (Phi) is 7.21. The third-order valence-electron chi connectivity index (χ3n) is 6.82. The van der Waals surface area contributed by atoms with Gasteiger partial charge >= 0.3 is 6.18 Å². The molecule has 34 heavy (non-hydrogen) atoms. The lowest BCUT2D eigenvalue weighted by molar-refractivity contribution is -0.137. The Morgan fingerprint density at radius 2 is 1.91 bits per heavy atom. The van der Waals surface area contributed by atoms with Crippen LogP contribution in [0, 0.1) is 5.41 Å². The van der Waals surface area contributed by atoms with E-state index in [1.54, 1.807) is 36.3 Å². The van der Waals surface area contributed by atoms with Gasteiger partial charge in [0, 0.05) is 24.9 Å². The van der Waals surface area contributed by atoms with Crippen LogP contribution in [0.25, 0.3) is 11.4 Å². The molecule has 2 atom stereocenters. The van der Waals surface area contributed by atoms with Crippen molar-refractivity contribution in [2.24, 2.45) is 12.5 Å². The predicted molar refractivity (Wildman–Crippen MR) is 127 cm³/mol. The molecule has 0 N–H and O–H groups in total. The highest BCUT2D eigenvalue weighted by molar-refractivity contribution is 7.99. The summed E-state index contributed by atoms with van der Waals surface area (Å²) in [5, 5.41) is 17.2. The second kappa shape index (κ2) is 9.83. The summed E-state index contributed by atoms with van der Waals surface area (Å²) < 4.78 is 40.4. The quantitative estimate of drug-likeness (QED) is 0.326. The smallest absolute Gasteiger partial charge is 0.305 e. The van der Waals surface area contributed by atoms with Crippen LogP contribution >= 0.6 is 24.2 Å². The summed E-state index contributed by atoms with van der Waals surface area (Å²) in [7, 11) is 1.96. The first-order valence-corrected chi connectivity index (χ1v) is 12.0. The summed E-state index contributed by atoms with van der Waals surface area (Å²) in [6, 6.07) is 7.63. The summed E-state index contributed by atoms with van der Waals surface area (Å²) in [6.07, 6.45) is 2.29. The zero-order chi connectivity index (χ0) is 23.1. The van der Waals surface area contributed by atoms with Crippen molar-refractivity contribution in [1.29, 1.82) is 0 Å². The summed E-state index contributed by atoms with van der Waals surface area (Å²) >= 11 is 1.70. The monoisotopic (exact) mass is 510 g/mol. The fourth-order valence-electron chi connectivity index (χ4n) is 4.92. The zero-order valence-corrected chi connectivity index (χ0v) is 20.3. The molecule has 1 saturated carbocycles. The van der Waals surface area contributed by atoms with E-state index in [-0.39, 0.29) is 17.8 Å². The Bertz CT molecular complexity index is 1110. The van der Waals surface area contributed by atoms with Crippen molar-refractivity contribution >= 4 is 24.2 Å². The van der Waals surface area contributed by atoms with E-state index in [0.29, 0.717) is 5.92 Å². The van der Waals surface area contributed by atoms with E-state index in [1.165, 1.54) is 12.1 Å². The molecule has 182 valence electrons. The van der Waals surface area contributed by atoms with Gasteiger partial charge in [0.05, 0.1) is 18.0 Å². The van der Waals surface area contributed by atoms with E-state index >= 15 is 0 Å². The fourth-order valence-corrected chi connectivity index (χ4v) is 5.75. The first-order chi connectivity index (χ1) is 15.9. The largest absolute Gasteiger partial charge is 0.416 e. The van der Waals surface area contributed by atoms with Crippen LogP contribution in [0.1, 0.15) is 36.3 Å². The van der Waals surface area contributed by atoms with Crippen molar-refractivity contribution in [3.05, 3.63) is 53.9 Å². The Labute approximate surface area is 206 Å². The highest BCUT2D eigenvalue weighted by Crippen LogP contribution is 2.64. The van der Waals surface area contributed by atoms with Gasteiger partial charge in [0.25, 0.3) is 0 Å². The molecular formula is C23H26ClF3N6S. The Morgan fingerprint density at radius 3 is 2.62 bits per heavy atom. The number of likely N-dealkylation sites (tertiary alicyclic amines) is 1. The maximum Gasteiger partial charge on any atom is 0.416 e. The molecule has 1 spiro atoms. The van der Waals surface area contributed by atoms with Crippen molar-refractivity contribution in [2.75, 3.05) is 25.4 Å². The van der Waals surface area contributed by atoms with Crippen LogP contribution in [0.2, 0.25) is 0 Å². The highest BCUT2D eigenvalue weighted by Gasteiger charge is 2.57. The van der Waals surface area contributed by atoms with Gasteiger partial charge in [0.2, 0.25) is 0 Å². The van der Waals surface area contributed by atoms with Crippen molar-refractivity contribution < 1.29 is 13.2 Å².